The van der Waals surface area contributed by atoms with Crippen LogP contribution in [0.1, 0.15) is 19.4 Å². The molecule has 1 unspecified atom stereocenters. The molecule has 0 saturated heterocycles. The van der Waals surface area contributed by atoms with E-state index in [1.54, 1.807) is 0 Å². The number of aromatic nitrogens is 1. The van der Waals surface area contributed by atoms with E-state index in [1.807, 2.05) is 18.5 Å². The Bertz CT molecular complexity index is 274. The van der Waals surface area contributed by atoms with Crippen LogP contribution >= 0.6 is 0 Å². The summed E-state index contributed by atoms with van der Waals surface area (Å²) >= 11 is 0. The van der Waals surface area contributed by atoms with Gasteiger partial charge in [0.05, 0.1) is 0 Å². The molecule has 3 nitrogen and oxygen atoms in total. The van der Waals surface area contributed by atoms with Gasteiger partial charge in [0.2, 0.25) is 0 Å². The van der Waals surface area contributed by atoms with E-state index in [0.29, 0.717) is 6.04 Å². The first-order valence-electron chi connectivity index (χ1n) is 6.03. The summed E-state index contributed by atoms with van der Waals surface area (Å²) in [5.41, 5.74) is 1.30. The predicted molar refractivity (Wildman–Crippen MR) is 68.6 cm³/mol. The topological polar surface area (TPSA) is 28.2 Å². The Balaban J connectivity index is 2.15. The van der Waals surface area contributed by atoms with E-state index < -0.39 is 0 Å². The Hall–Kier alpha value is -0.930. The Labute approximate surface area is 98.9 Å². The molecule has 0 fully saturated rings. The van der Waals surface area contributed by atoms with E-state index in [2.05, 4.69) is 42.2 Å². The van der Waals surface area contributed by atoms with Gasteiger partial charge >= 0.3 is 0 Å². The number of likely N-dealkylation sites (N-methyl/N-ethyl adjacent to an activating group) is 1. The molecule has 1 atom stereocenters. The van der Waals surface area contributed by atoms with E-state index in [4.69, 9.17) is 0 Å². The van der Waals surface area contributed by atoms with Crippen LogP contribution in [0.15, 0.2) is 24.5 Å². The molecule has 0 aliphatic rings. The second kappa shape index (κ2) is 7.36. The van der Waals surface area contributed by atoms with Crippen molar-refractivity contribution in [2.45, 2.75) is 26.3 Å². The van der Waals surface area contributed by atoms with Crippen molar-refractivity contribution in [1.82, 2.24) is 15.2 Å². The summed E-state index contributed by atoms with van der Waals surface area (Å²) in [7, 11) is 2.15. The molecule has 1 aromatic rings. The maximum Gasteiger partial charge on any atom is 0.0300 e. The van der Waals surface area contributed by atoms with Crippen LogP contribution in [-0.4, -0.2) is 42.6 Å². The van der Waals surface area contributed by atoms with Gasteiger partial charge in [0.15, 0.2) is 0 Å². The van der Waals surface area contributed by atoms with E-state index in [-0.39, 0.29) is 0 Å². The number of nitrogens with one attached hydrogen (secondary N) is 1. The molecular weight excluding hydrogens is 198 g/mol. The molecule has 16 heavy (non-hydrogen) atoms. The van der Waals surface area contributed by atoms with Crippen molar-refractivity contribution in [1.29, 1.82) is 0 Å². The third-order valence-corrected chi connectivity index (χ3v) is 2.75. The summed E-state index contributed by atoms with van der Waals surface area (Å²) in [6.07, 6.45) is 4.80. The maximum absolute atomic E-state index is 4.11. The highest BCUT2D eigenvalue weighted by atomic mass is 15.1. The normalized spacial score (nSPS) is 13.0. The predicted octanol–water partition coefficient (Wildman–Crippen LogP) is 1.55. The molecule has 0 saturated carbocycles. The van der Waals surface area contributed by atoms with Gasteiger partial charge in [-0.3, -0.25) is 4.98 Å². The van der Waals surface area contributed by atoms with Gasteiger partial charge in [-0.15, -0.1) is 0 Å². The third kappa shape index (κ3) is 5.24. The molecule has 3 heteroatoms. The monoisotopic (exact) mass is 221 g/mol. The van der Waals surface area contributed by atoms with Crippen LogP contribution < -0.4 is 5.32 Å². The Morgan fingerprint density at radius 3 is 2.94 bits per heavy atom. The lowest BCUT2D eigenvalue weighted by Gasteiger charge is -2.20. The Morgan fingerprint density at radius 1 is 1.50 bits per heavy atom. The maximum atomic E-state index is 4.11. The standard InChI is InChI=1S/C13H23N3/c1-4-16(3)11-12(2)15-9-7-13-6-5-8-14-10-13/h5-6,8,10,12,15H,4,7,9,11H2,1-3H3. The van der Waals surface area contributed by atoms with Crippen LogP contribution in [0.5, 0.6) is 0 Å². The number of rotatable bonds is 7. The molecule has 90 valence electrons. The summed E-state index contributed by atoms with van der Waals surface area (Å²) in [5, 5.41) is 3.53. The van der Waals surface area contributed by atoms with Gasteiger partial charge in [-0.25, -0.2) is 0 Å². The van der Waals surface area contributed by atoms with Crippen molar-refractivity contribution in [3.05, 3.63) is 30.1 Å². The molecule has 1 rings (SSSR count). The first-order valence-corrected chi connectivity index (χ1v) is 6.03. The lowest BCUT2D eigenvalue weighted by Crippen LogP contribution is -2.38. The third-order valence-electron chi connectivity index (χ3n) is 2.75. The fourth-order valence-corrected chi connectivity index (χ4v) is 1.67. The Kier molecular flexibility index (Phi) is 6.04. The zero-order chi connectivity index (χ0) is 11.8. The van der Waals surface area contributed by atoms with E-state index in [1.165, 1.54) is 5.56 Å². The molecule has 0 amide bonds. The first-order chi connectivity index (χ1) is 7.72. The SMILES string of the molecule is CCN(C)CC(C)NCCc1cccnc1. The molecule has 0 aliphatic carbocycles. The van der Waals surface area contributed by atoms with Crippen molar-refractivity contribution in [2.24, 2.45) is 0 Å². The van der Waals surface area contributed by atoms with Gasteiger partial charge in [0.25, 0.3) is 0 Å². The lowest BCUT2D eigenvalue weighted by molar-refractivity contribution is 0.311. The van der Waals surface area contributed by atoms with Crippen LogP contribution in [0.2, 0.25) is 0 Å². The van der Waals surface area contributed by atoms with Crippen LogP contribution in [0.25, 0.3) is 0 Å². The van der Waals surface area contributed by atoms with Gasteiger partial charge in [0.1, 0.15) is 0 Å². The van der Waals surface area contributed by atoms with Crippen LogP contribution in [-0.2, 0) is 6.42 Å². The molecule has 1 N–H and O–H groups in total. The first kappa shape index (κ1) is 13.1. The average Bonchev–Trinajstić information content (AvgIpc) is 2.30. The van der Waals surface area contributed by atoms with Crippen molar-refractivity contribution >= 4 is 0 Å². The van der Waals surface area contributed by atoms with Crippen LogP contribution in [0.4, 0.5) is 0 Å². The highest BCUT2D eigenvalue weighted by Gasteiger charge is 2.03. The summed E-state index contributed by atoms with van der Waals surface area (Å²) < 4.78 is 0. The quantitative estimate of drug-likeness (QED) is 0.757. The minimum atomic E-state index is 0.543. The molecule has 0 radical (unpaired) electrons. The minimum absolute atomic E-state index is 0.543. The summed E-state index contributed by atoms with van der Waals surface area (Å²) in [6.45, 7) is 7.64. The smallest absolute Gasteiger partial charge is 0.0300 e. The van der Waals surface area contributed by atoms with E-state index in [9.17, 15) is 0 Å². The van der Waals surface area contributed by atoms with Crippen molar-refractivity contribution in [2.75, 3.05) is 26.7 Å². The zero-order valence-electron chi connectivity index (χ0n) is 10.6. The zero-order valence-corrected chi connectivity index (χ0v) is 10.6. The van der Waals surface area contributed by atoms with Crippen molar-refractivity contribution in [3.63, 3.8) is 0 Å². The van der Waals surface area contributed by atoms with Crippen molar-refractivity contribution in [3.8, 4) is 0 Å². The second-order valence-corrected chi connectivity index (χ2v) is 4.32. The van der Waals surface area contributed by atoms with Gasteiger partial charge in [0, 0.05) is 25.0 Å². The summed E-state index contributed by atoms with van der Waals surface area (Å²) in [5.74, 6) is 0. The number of hydrogen-bond donors (Lipinski definition) is 1. The fourth-order valence-electron chi connectivity index (χ4n) is 1.67. The molecule has 0 spiro atoms. The van der Waals surface area contributed by atoms with Gasteiger partial charge in [-0.2, -0.15) is 0 Å². The molecule has 0 bridgehead atoms. The molecular formula is C13H23N3. The molecule has 1 heterocycles. The van der Waals surface area contributed by atoms with Crippen molar-refractivity contribution < 1.29 is 0 Å². The van der Waals surface area contributed by atoms with Crippen LogP contribution in [0, 0.1) is 0 Å². The summed E-state index contributed by atoms with van der Waals surface area (Å²) in [4.78, 5) is 6.43. The van der Waals surface area contributed by atoms with Crippen LogP contribution in [0.3, 0.4) is 0 Å². The highest BCUT2D eigenvalue weighted by Crippen LogP contribution is 1.96. The number of pyridine rings is 1. The number of hydrogen-bond acceptors (Lipinski definition) is 3. The fraction of sp³-hybridized carbons (Fsp3) is 0.615. The van der Waals surface area contributed by atoms with E-state index >= 15 is 0 Å². The molecule has 0 aliphatic heterocycles. The highest BCUT2D eigenvalue weighted by molar-refractivity contribution is 5.08. The molecule has 1 aromatic heterocycles. The molecule has 0 aromatic carbocycles. The largest absolute Gasteiger partial charge is 0.313 e. The lowest BCUT2D eigenvalue weighted by atomic mass is 10.2. The van der Waals surface area contributed by atoms with E-state index in [0.717, 1.165) is 26.1 Å². The number of nitrogens with zero attached hydrogens (tertiary/aromatic N) is 2. The Morgan fingerprint density at radius 2 is 2.31 bits per heavy atom. The summed E-state index contributed by atoms with van der Waals surface area (Å²) in [6, 6.07) is 4.66. The second-order valence-electron chi connectivity index (χ2n) is 4.32. The van der Waals surface area contributed by atoms with Gasteiger partial charge in [-0.05, 0) is 45.1 Å². The van der Waals surface area contributed by atoms with Gasteiger partial charge < -0.3 is 10.2 Å². The van der Waals surface area contributed by atoms with Gasteiger partial charge in [-0.1, -0.05) is 13.0 Å². The average molecular weight is 221 g/mol. The minimum Gasteiger partial charge on any atom is -0.313 e.